The van der Waals surface area contributed by atoms with Gasteiger partial charge >= 0.3 is 17.3 Å². The average Bonchev–Trinajstić information content (AvgIpc) is 3.31. The van der Waals surface area contributed by atoms with Crippen molar-refractivity contribution >= 4 is 29.1 Å². The van der Waals surface area contributed by atoms with Gasteiger partial charge in [-0.05, 0) is 30.4 Å². The number of ether oxygens (including phenoxy) is 1. The highest BCUT2D eigenvalue weighted by Crippen LogP contribution is 2.52. The molecule has 1 aliphatic heterocycles. The summed E-state index contributed by atoms with van der Waals surface area (Å²) in [5, 5.41) is 0.540. The third kappa shape index (κ3) is 2.55. The van der Waals surface area contributed by atoms with Gasteiger partial charge in [0.1, 0.15) is 5.56 Å². The van der Waals surface area contributed by atoms with Crippen molar-refractivity contribution in [3.63, 3.8) is 0 Å². The molecule has 2 amide bonds. The Morgan fingerprint density at radius 2 is 1.73 bits per heavy atom. The second kappa shape index (κ2) is 6.33. The summed E-state index contributed by atoms with van der Waals surface area (Å²) in [6.07, 6.45) is 4.67. The van der Waals surface area contributed by atoms with Gasteiger partial charge in [-0.15, -0.1) is 9.35 Å². The van der Waals surface area contributed by atoms with E-state index in [1.807, 2.05) is 12.2 Å². The minimum Gasteiger partial charge on any atom is -0.465 e. The van der Waals surface area contributed by atoms with Gasteiger partial charge in [-0.2, -0.15) is 4.21 Å². The van der Waals surface area contributed by atoms with Crippen molar-refractivity contribution < 1.29 is 31.8 Å². The topological polar surface area (TPSA) is 99.2 Å². The first-order valence-corrected chi connectivity index (χ1v) is 9.03. The molecule has 9 heteroatoms. The number of hydroxylamine groups is 2. The van der Waals surface area contributed by atoms with Gasteiger partial charge in [0.25, 0.3) is 11.8 Å². The summed E-state index contributed by atoms with van der Waals surface area (Å²) in [4.78, 5) is 36.7. The largest absolute Gasteiger partial charge is 0.465 e. The lowest BCUT2D eigenvalue weighted by molar-refractivity contribution is -0.166. The van der Waals surface area contributed by atoms with E-state index in [-0.39, 0.29) is 23.1 Å². The van der Waals surface area contributed by atoms with Crippen LogP contribution in [-0.4, -0.2) is 34.2 Å². The number of carbonyl (C=O) groups excluding carboxylic acids is 3. The molecular weight excluding hydrogens is 362 g/mol. The van der Waals surface area contributed by atoms with Crippen LogP contribution in [0.25, 0.3) is 0 Å². The van der Waals surface area contributed by atoms with E-state index in [0.717, 1.165) is 6.42 Å². The first kappa shape index (κ1) is 16.9. The Balaban J connectivity index is 1.48. The van der Waals surface area contributed by atoms with Crippen LogP contribution in [0.1, 0.15) is 16.8 Å². The molecule has 5 unspecified atom stereocenters. The van der Waals surface area contributed by atoms with Crippen LogP contribution in [0.4, 0.5) is 0 Å². The number of esters is 1. The summed E-state index contributed by atoms with van der Waals surface area (Å²) in [6.45, 7) is 0. The van der Waals surface area contributed by atoms with Crippen LogP contribution in [0.2, 0.25) is 0 Å². The Labute approximate surface area is 151 Å². The number of rotatable bonds is 5. The maximum absolute atomic E-state index is 12.5. The highest BCUT2D eigenvalue weighted by molar-refractivity contribution is 7.75. The number of benzene rings is 1. The Hall–Kier alpha value is -2.52. The van der Waals surface area contributed by atoms with E-state index in [0.29, 0.717) is 5.06 Å². The van der Waals surface area contributed by atoms with Gasteiger partial charge in [0.05, 0.1) is 18.9 Å². The predicted octanol–water partition coefficient (Wildman–Crippen LogP) is 1.17. The number of carbonyl (C=O) groups is 3. The van der Waals surface area contributed by atoms with Crippen molar-refractivity contribution in [2.75, 3.05) is 7.11 Å². The lowest BCUT2D eigenvalue weighted by Crippen LogP contribution is -2.34. The molecular formula is C17H15NO7S. The van der Waals surface area contributed by atoms with Crippen LogP contribution >= 0.6 is 0 Å². The van der Waals surface area contributed by atoms with Crippen molar-refractivity contribution in [3.05, 3.63) is 42.0 Å². The fraction of sp³-hybridized carbons (Fsp3) is 0.353. The van der Waals surface area contributed by atoms with E-state index in [4.69, 9.17) is 8.47 Å². The van der Waals surface area contributed by atoms with Gasteiger partial charge in [0, 0.05) is 0 Å². The van der Waals surface area contributed by atoms with Gasteiger partial charge in [-0.1, -0.05) is 24.3 Å². The van der Waals surface area contributed by atoms with Crippen molar-refractivity contribution in [2.24, 2.45) is 23.7 Å². The summed E-state index contributed by atoms with van der Waals surface area (Å²) in [5.74, 6) is -2.62. The molecule has 0 aromatic heterocycles. The van der Waals surface area contributed by atoms with Crippen LogP contribution in [0.5, 0.6) is 5.75 Å². The molecule has 2 aliphatic carbocycles. The molecule has 1 aromatic rings. The second-order valence-corrected chi connectivity index (χ2v) is 7.04. The van der Waals surface area contributed by atoms with E-state index < -0.39 is 41.0 Å². The summed E-state index contributed by atoms with van der Waals surface area (Å²) < 4.78 is 26.9. The zero-order chi connectivity index (χ0) is 18.4. The molecule has 0 N–H and O–H groups in total. The molecule has 1 saturated heterocycles. The number of hydrogen-bond acceptors (Lipinski definition) is 7. The fourth-order valence-corrected chi connectivity index (χ4v) is 4.51. The molecule has 0 radical (unpaired) electrons. The maximum Gasteiger partial charge on any atom is 0.383 e. The zero-order valence-electron chi connectivity index (χ0n) is 13.7. The number of amides is 2. The van der Waals surface area contributed by atoms with Crippen molar-refractivity contribution in [1.29, 1.82) is 0 Å². The standard InChI is InChI=1S/C17H15NO7S/c1-23-17(21)11-4-2-3-5-12(11)24-26(22)25-18-15(19)13-9-6-7-10(8-9)14(13)16(18)20/h2-7,9-10,13-14H,8H2,1H3. The number of fused-ring (bicyclic) bond motifs is 5. The molecule has 136 valence electrons. The van der Waals surface area contributed by atoms with Crippen molar-refractivity contribution in [1.82, 2.24) is 5.06 Å². The number of hydrogen-bond donors (Lipinski definition) is 0. The number of imide groups is 1. The first-order chi connectivity index (χ1) is 12.5. The maximum atomic E-state index is 12.5. The smallest absolute Gasteiger partial charge is 0.383 e. The minimum absolute atomic E-state index is 0.0180. The van der Waals surface area contributed by atoms with E-state index in [2.05, 4.69) is 4.74 Å². The Morgan fingerprint density at radius 3 is 2.35 bits per heavy atom. The van der Waals surface area contributed by atoms with Crippen molar-refractivity contribution in [3.8, 4) is 5.75 Å². The van der Waals surface area contributed by atoms with Gasteiger partial charge in [0.15, 0.2) is 5.75 Å². The van der Waals surface area contributed by atoms with Gasteiger partial charge in [-0.3, -0.25) is 9.59 Å². The monoisotopic (exact) mass is 377 g/mol. The van der Waals surface area contributed by atoms with Crippen LogP contribution in [0, 0.1) is 23.7 Å². The molecule has 4 rings (SSSR count). The molecule has 1 saturated carbocycles. The predicted molar refractivity (Wildman–Crippen MR) is 87.2 cm³/mol. The molecule has 0 spiro atoms. The Bertz CT molecular complexity index is 821. The Kier molecular flexibility index (Phi) is 4.12. The summed E-state index contributed by atoms with van der Waals surface area (Å²) in [6, 6.07) is 5.98. The highest BCUT2D eigenvalue weighted by Gasteiger charge is 2.60. The lowest BCUT2D eigenvalue weighted by atomic mass is 9.85. The van der Waals surface area contributed by atoms with Gasteiger partial charge < -0.3 is 8.92 Å². The average molecular weight is 377 g/mol. The molecule has 26 heavy (non-hydrogen) atoms. The SMILES string of the molecule is COC(=O)c1ccccc1OS(=O)ON1C(=O)C2C3C=CC(C3)C2C1=O. The summed E-state index contributed by atoms with van der Waals surface area (Å²) in [7, 11) is 1.20. The first-order valence-electron chi connectivity index (χ1n) is 8.03. The number of methoxy groups -OCH3 is 1. The fourth-order valence-electron chi connectivity index (χ4n) is 3.92. The number of para-hydroxylation sites is 1. The zero-order valence-corrected chi connectivity index (χ0v) is 14.5. The van der Waals surface area contributed by atoms with E-state index in [1.54, 1.807) is 12.1 Å². The third-order valence-corrected chi connectivity index (χ3v) is 5.60. The number of nitrogens with zero attached hydrogens (tertiary/aromatic N) is 1. The minimum atomic E-state index is -2.48. The van der Waals surface area contributed by atoms with E-state index >= 15 is 0 Å². The van der Waals surface area contributed by atoms with Gasteiger partial charge in [-0.25, -0.2) is 4.79 Å². The van der Waals surface area contributed by atoms with Crippen LogP contribution in [-0.2, 0) is 30.0 Å². The Morgan fingerprint density at radius 1 is 1.12 bits per heavy atom. The summed E-state index contributed by atoms with van der Waals surface area (Å²) in [5.41, 5.74) is 0.0464. The molecule has 8 nitrogen and oxygen atoms in total. The normalized spacial score (nSPS) is 29.8. The number of allylic oxidation sites excluding steroid dienone is 2. The lowest BCUT2D eigenvalue weighted by Gasteiger charge is -2.15. The molecule has 3 aliphatic rings. The van der Waals surface area contributed by atoms with Crippen LogP contribution < -0.4 is 4.18 Å². The molecule has 1 aromatic carbocycles. The van der Waals surface area contributed by atoms with E-state index in [9.17, 15) is 18.6 Å². The highest BCUT2D eigenvalue weighted by atomic mass is 32.2. The van der Waals surface area contributed by atoms with E-state index in [1.165, 1.54) is 19.2 Å². The quantitative estimate of drug-likeness (QED) is 0.431. The second-order valence-electron chi connectivity index (χ2n) is 6.32. The van der Waals surface area contributed by atoms with Crippen LogP contribution in [0.15, 0.2) is 36.4 Å². The van der Waals surface area contributed by atoms with Crippen molar-refractivity contribution in [2.45, 2.75) is 6.42 Å². The van der Waals surface area contributed by atoms with Crippen LogP contribution in [0.3, 0.4) is 0 Å². The van der Waals surface area contributed by atoms with Gasteiger partial charge in [0.2, 0.25) is 0 Å². The molecule has 1 heterocycles. The molecule has 2 fully saturated rings. The molecule has 2 bridgehead atoms. The molecule has 5 atom stereocenters. The summed E-state index contributed by atoms with van der Waals surface area (Å²) >= 11 is -2.48. The third-order valence-electron chi connectivity index (χ3n) is 5.02.